The number of rotatable bonds is 6. The largest absolute Gasteiger partial charge is 0.394 e. The molecular formula is C10H20O4. The van der Waals surface area contributed by atoms with Crippen LogP contribution in [-0.4, -0.2) is 43.9 Å². The van der Waals surface area contributed by atoms with E-state index in [1.165, 1.54) is 0 Å². The number of methoxy groups -OCH3 is 1. The van der Waals surface area contributed by atoms with E-state index in [9.17, 15) is 0 Å². The summed E-state index contributed by atoms with van der Waals surface area (Å²) in [4.78, 5) is 0. The van der Waals surface area contributed by atoms with E-state index in [2.05, 4.69) is 6.92 Å². The normalized spacial score (nSPS) is 32.4. The Morgan fingerprint density at radius 2 is 2.29 bits per heavy atom. The molecule has 4 nitrogen and oxygen atoms in total. The highest BCUT2D eigenvalue weighted by atomic mass is 16.7. The van der Waals surface area contributed by atoms with Crippen LogP contribution >= 0.6 is 0 Å². The monoisotopic (exact) mass is 204 g/mol. The van der Waals surface area contributed by atoms with Gasteiger partial charge in [-0.05, 0) is 6.42 Å². The molecular weight excluding hydrogens is 184 g/mol. The molecule has 1 rings (SSSR count). The van der Waals surface area contributed by atoms with Crippen molar-refractivity contribution in [1.82, 2.24) is 0 Å². The minimum atomic E-state index is -0.316. The van der Waals surface area contributed by atoms with E-state index in [0.717, 1.165) is 25.9 Å². The zero-order valence-electron chi connectivity index (χ0n) is 8.94. The number of ether oxygens (including phenoxy) is 3. The van der Waals surface area contributed by atoms with Gasteiger partial charge in [0.05, 0.1) is 12.7 Å². The summed E-state index contributed by atoms with van der Waals surface area (Å²) in [5.74, 6) is 0. The van der Waals surface area contributed by atoms with Gasteiger partial charge >= 0.3 is 0 Å². The molecule has 0 spiro atoms. The second kappa shape index (κ2) is 6.35. The Morgan fingerprint density at radius 1 is 1.50 bits per heavy atom. The van der Waals surface area contributed by atoms with E-state index in [-0.39, 0.29) is 25.1 Å². The molecule has 0 saturated carbocycles. The van der Waals surface area contributed by atoms with Crippen LogP contribution in [0, 0.1) is 0 Å². The van der Waals surface area contributed by atoms with Gasteiger partial charge < -0.3 is 19.3 Å². The Morgan fingerprint density at radius 3 is 2.86 bits per heavy atom. The molecule has 1 aliphatic rings. The predicted molar refractivity (Wildman–Crippen MR) is 52.0 cm³/mol. The maximum atomic E-state index is 8.93. The van der Waals surface area contributed by atoms with Crippen LogP contribution in [0.4, 0.5) is 0 Å². The van der Waals surface area contributed by atoms with Crippen LogP contribution in [0.3, 0.4) is 0 Å². The van der Waals surface area contributed by atoms with E-state index in [1.807, 2.05) is 0 Å². The first-order chi connectivity index (χ1) is 6.81. The van der Waals surface area contributed by atoms with Gasteiger partial charge in [-0.15, -0.1) is 0 Å². The third kappa shape index (κ3) is 3.20. The van der Waals surface area contributed by atoms with E-state index in [4.69, 9.17) is 19.3 Å². The van der Waals surface area contributed by atoms with Gasteiger partial charge in [0, 0.05) is 20.1 Å². The summed E-state index contributed by atoms with van der Waals surface area (Å²) in [5, 5.41) is 8.93. The first kappa shape index (κ1) is 11.9. The van der Waals surface area contributed by atoms with Gasteiger partial charge in [-0.3, -0.25) is 0 Å². The highest BCUT2D eigenvalue weighted by molar-refractivity contribution is 4.77. The van der Waals surface area contributed by atoms with Crippen molar-refractivity contribution < 1.29 is 19.3 Å². The molecule has 1 fully saturated rings. The van der Waals surface area contributed by atoms with Crippen molar-refractivity contribution >= 4 is 0 Å². The second-order valence-corrected chi connectivity index (χ2v) is 3.54. The lowest BCUT2D eigenvalue weighted by molar-refractivity contribution is -0.164. The van der Waals surface area contributed by atoms with Crippen LogP contribution in [0.25, 0.3) is 0 Å². The van der Waals surface area contributed by atoms with Gasteiger partial charge in [-0.2, -0.15) is 0 Å². The highest BCUT2D eigenvalue weighted by Gasteiger charge is 2.35. The third-order valence-corrected chi connectivity index (χ3v) is 2.39. The minimum Gasteiger partial charge on any atom is -0.394 e. The minimum absolute atomic E-state index is 0.0244. The van der Waals surface area contributed by atoms with Crippen LogP contribution in [0.2, 0.25) is 0 Å². The average molecular weight is 204 g/mol. The predicted octanol–water partition coefficient (Wildman–Crippen LogP) is 0.925. The summed E-state index contributed by atoms with van der Waals surface area (Å²) < 4.78 is 16.2. The maximum absolute atomic E-state index is 8.93. The van der Waals surface area contributed by atoms with Crippen molar-refractivity contribution in [2.24, 2.45) is 0 Å². The third-order valence-electron chi connectivity index (χ3n) is 2.39. The van der Waals surface area contributed by atoms with Crippen molar-refractivity contribution in [3.05, 3.63) is 0 Å². The van der Waals surface area contributed by atoms with Crippen molar-refractivity contribution in [3.8, 4) is 0 Å². The quantitative estimate of drug-likeness (QED) is 0.654. The Bertz CT molecular complexity index is 151. The van der Waals surface area contributed by atoms with Gasteiger partial charge in [0.15, 0.2) is 6.29 Å². The molecule has 0 aromatic heterocycles. The molecule has 1 saturated heterocycles. The molecule has 1 N–H and O–H groups in total. The van der Waals surface area contributed by atoms with Crippen LogP contribution in [0.5, 0.6) is 0 Å². The van der Waals surface area contributed by atoms with E-state index >= 15 is 0 Å². The van der Waals surface area contributed by atoms with Crippen LogP contribution in [0.15, 0.2) is 0 Å². The molecule has 84 valence electrons. The molecule has 0 bridgehead atoms. The summed E-state index contributed by atoms with van der Waals surface area (Å²) in [6.45, 7) is 2.90. The number of hydrogen-bond acceptors (Lipinski definition) is 4. The average Bonchev–Trinajstić information content (AvgIpc) is 2.61. The maximum Gasteiger partial charge on any atom is 0.183 e. The fraction of sp³-hybridized carbons (Fsp3) is 1.00. The van der Waals surface area contributed by atoms with Crippen molar-refractivity contribution in [2.75, 3.05) is 20.3 Å². The van der Waals surface area contributed by atoms with Crippen LogP contribution < -0.4 is 0 Å². The van der Waals surface area contributed by atoms with Gasteiger partial charge in [0.25, 0.3) is 0 Å². The van der Waals surface area contributed by atoms with Gasteiger partial charge in [-0.1, -0.05) is 13.3 Å². The second-order valence-electron chi connectivity index (χ2n) is 3.54. The summed E-state index contributed by atoms with van der Waals surface area (Å²) in [6, 6.07) is 0. The molecule has 1 aliphatic heterocycles. The molecule has 0 aromatic rings. The Hall–Kier alpha value is -0.160. The van der Waals surface area contributed by atoms with Crippen molar-refractivity contribution in [2.45, 2.75) is 44.7 Å². The standard InChI is InChI=1S/C10H20O4/c1-3-4-5-13-9-6-8(7-11)14-10(9)12-2/h8-11H,3-7H2,1-2H3/t8-,9+,10?/m0/s1. The number of aliphatic hydroxyl groups is 1. The molecule has 3 atom stereocenters. The molecule has 1 unspecified atom stereocenters. The van der Waals surface area contributed by atoms with Gasteiger partial charge in [0.1, 0.15) is 6.10 Å². The first-order valence-electron chi connectivity index (χ1n) is 5.22. The lowest BCUT2D eigenvalue weighted by atomic mass is 10.2. The Labute approximate surface area is 85.2 Å². The molecule has 14 heavy (non-hydrogen) atoms. The number of unbranched alkanes of at least 4 members (excludes halogenated alkanes) is 1. The van der Waals surface area contributed by atoms with Gasteiger partial charge in [0.2, 0.25) is 0 Å². The zero-order valence-corrected chi connectivity index (χ0v) is 8.94. The lowest BCUT2D eigenvalue weighted by Gasteiger charge is -2.16. The van der Waals surface area contributed by atoms with E-state index in [0.29, 0.717) is 0 Å². The zero-order chi connectivity index (χ0) is 10.4. The molecule has 0 amide bonds. The summed E-state index contributed by atoms with van der Waals surface area (Å²) >= 11 is 0. The molecule has 0 aliphatic carbocycles. The number of hydrogen-bond donors (Lipinski definition) is 1. The number of aliphatic hydroxyl groups excluding tert-OH is 1. The molecule has 1 heterocycles. The highest BCUT2D eigenvalue weighted by Crippen LogP contribution is 2.23. The Balaban J connectivity index is 2.27. The van der Waals surface area contributed by atoms with Crippen molar-refractivity contribution in [3.63, 3.8) is 0 Å². The van der Waals surface area contributed by atoms with Crippen LogP contribution in [0.1, 0.15) is 26.2 Å². The Kier molecular flexibility index (Phi) is 5.40. The summed E-state index contributed by atoms with van der Waals surface area (Å²) in [7, 11) is 1.60. The smallest absolute Gasteiger partial charge is 0.183 e. The fourth-order valence-corrected chi connectivity index (χ4v) is 1.55. The lowest BCUT2D eigenvalue weighted by Crippen LogP contribution is -2.26. The summed E-state index contributed by atoms with van der Waals surface area (Å²) in [5.41, 5.74) is 0. The van der Waals surface area contributed by atoms with Crippen LogP contribution in [-0.2, 0) is 14.2 Å². The molecule has 0 aromatic carbocycles. The van der Waals surface area contributed by atoms with Gasteiger partial charge in [-0.25, -0.2) is 0 Å². The van der Waals surface area contributed by atoms with Crippen molar-refractivity contribution in [1.29, 1.82) is 0 Å². The van der Waals surface area contributed by atoms with E-state index in [1.54, 1.807) is 7.11 Å². The SMILES string of the molecule is CCCCO[C@@H]1C[C@@H](CO)OC1OC. The van der Waals surface area contributed by atoms with E-state index < -0.39 is 0 Å². The fourth-order valence-electron chi connectivity index (χ4n) is 1.55. The first-order valence-corrected chi connectivity index (χ1v) is 5.22. The topological polar surface area (TPSA) is 47.9 Å². The molecule has 4 heteroatoms. The molecule has 0 radical (unpaired) electrons. The summed E-state index contributed by atoms with van der Waals surface area (Å²) in [6.07, 6.45) is 2.42.